The van der Waals surface area contributed by atoms with Crippen molar-refractivity contribution in [3.8, 4) is 6.07 Å². The molecule has 0 heterocycles. The van der Waals surface area contributed by atoms with Crippen LogP contribution in [0.3, 0.4) is 0 Å². The van der Waals surface area contributed by atoms with E-state index in [2.05, 4.69) is 10.6 Å². The average molecular weight is 300 g/mol. The van der Waals surface area contributed by atoms with E-state index in [0.29, 0.717) is 22.0 Å². The van der Waals surface area contributed by atoms with Gasteiger partial charge in [-0.15, -0.1) is 0 Å². The molecule has 2 rings (SSSR count). The van der Waals surface area contributed by atoms with Crippen LogP contribution in [-0.4, -0.2) is 12.5 Å². The number of hydrogen-bond acceptors (Lipinski definition) is 3. The van der Waals surface area contributed by atoms with Crippen molar-refractivity contribution in [2.45, 2.75) is 6.92 Å². The minimum Gasteiger partial charge on any atom is -0.375 e. The highest BCUT2D eigenvalue weighted by atomic mass is 35.5. The quantitative estimate of drug-likeness (QED) is 0.907. The topological polar surface area (TPSA) is 64.9 Å². The second-order valence-corrected chi connectivity index (χ2v) is 4.98. The Morgan fingerprint density at radius 1 is 1.29 bits per heavy atom. The number of nitrogens with one attached hydrogen (secondary N) is 2. The molecule has 0 aromatic heterocycles. The molecule has 4 nitrogen and oxygen atoms in total. The maximum Gasteiger partial charge on any atom is 0.243 e. The third-order valence-corrected chi connectivity index (χ3v) is 3.15. The van der Waals surface area contributed by atoms with Crippen molar-refractivity contribution in [3.05, 3.63) is 58.6 Å². The Hall–Kier alpha value is -2.51. The molecule has 21 heavy (non-hydrogen) atoms. The molecule has 2 aromatic carbocycles. The summed E-state index contributed by atoms with van der Waals surface area (Å²) in [5.41, 5.74) is 2.87. The lowest BCUT2D eigenvalue weighted by Crippen LogP contribution is -2.21. The largest absolute Gasteiger partial charge is 0.375 e. The molecule has 0 unspecified atom stereocenters. The van der Waals surface area contributed by atoms with Crippen molar-refractivity contribution in [1.82, 2.24) is 0 Å². The summed E-state index contributed by atoms with van der Waals surface area (Å²) in [6.07, 6.45) is 0. The van der Waals surface area contributed by atoms with Gasteiger partial charge in [0, 0.05) is 5.69 Å². The molecule has 1 amide bonds. The van der Waals surface area contributed by atoms with Gasteiger partial charge in [-0.05, 0) is 42.8 Å². The van der Waals surface area contributed by atoms with Crippen molar-refractivity contribution in [2.75, 3.05) is 17.2 Å². The molecule has 0 aliphatic carbocycles. The van der Waals surface area contributed by atoms with E-state index in [-0.39, 0.29) is 12.5 Å². The fraction of sp³-hybridized carbons (Fsp3) is 0.125. The number of halogens is 1. The predicted octanol–water partition coefficient (Wildman–Crippen LogP) is 3.57. The molecular formula is C16H14ClN3O. The highest BCUT2D eigenvalue weighted by Crippen LogP contribution is 2.22. The van der Waals surface area contributed by atoms with E-state index in [1.54, 1.807) is 24.3 Å². The number of anilines is 2. The Balaban J connectivity index is 1.94. The summed E-state index contributed by atoms with van der Waals surface area (Å²) in [6, 6.07) is 14.4. The molecule has 2 N–H and O–H groups in total. The van der Waals surface area contributed by atoms with E-state index in [9.17, 15) is 4.79 Å². The Kier molecular flexibility index (Phi) is 4.81. The number of carbonyl (C=O) groups is 1. The van der Waals surface area contributed by atoms with Gasteiger partial charge in [0.1, 0.15) is 0 Å². The molecule has 0 atom stereocenters. The molecule has 0 saturated carbocycles. The van der Waals surface area contributed by atoms with Crippen molar-refractivity contribution < 1.29 is 4.79 Å². The van der Waals surface area contributed by atoms with Crippen LogP contribution in [0.5, 0.6) is 0 Å². The van der Waals surface area contributed by atoms with Gasteiger partial charge in [-0.25, -0.2) is 0 Å². The van der Waals surface area contributed by atoms with E-state index in [1.165, 1.54) is 0 Å². The van der Waals surface area contributed by atoms with E-state index < -0.39 is 0 Å². The van der Waals surface area contributed by atoms with E-state index in [1.807, 2.05) is 31.2 Å². The van der Waals surface area contributed by atoms with Crippen molar-refractivity contribution >= 4 is 28.9 Å². The van der Waals surface area contributed by atoms with Gasteiger partial charge in [0.2, 0.25) is 5.91 Å². The molecular weight excluding hydrogens is 286 g/mol. The maximum atomic E-state index is 11.9. The summed E-state index contributed by atoms with van der Waals surface area (Å²) in [5, 5.41) is 15.1. The van der Waals surface area contributed by atoms with Gasteiger partial charge >= 0.3 is 0 Å². The molecule has 0 spiro atoms. The van der Waals surface area contributed by atoms with Gasteiger partial charge in [-0.3, -0.25) is 4.79 Å². The second kappa shape index (κ2) is 6.78. The number of nitriles is 1. The van der Waals surface area contributed by atoms with Gasteiger partial charge in [-0.1, -0.05) is 23.7 Å². The number of hydrogen-bond donors (Lipinski definition) is 2. The first-order valence-electron chi connectivity index (χ1n) is 6.38. The number of rotatable bonds is 4. The van der Waals surface area contributed by atoms with Gasteiger partial charge in [0.15, 0.2) is 0 Å². The zero-order valence-corrected chi connectivity index (χ0v) is 12.2. The summed E-state index contributed by atoms with van der Waals surface area (Å²) in [6.45, 7) is 2.05. The number of amides is 1. The molecule has 0 aliphatic heterocycles. The highest BCUT2D eigenvalue weighted by Gasteiger charge is 2.05. The van der Waals surface area contributed by atoms with Crippen LogP contribution >= 0.6 is 11.6 Å². The fourth-order valence-corrected chi connectivity index (χ4v) is 2.11. The summed E-state index contributed by atoms with van der Waals surface area (Å²) < 4.78 is 0. The molecule has 2 aromatic rings. The average Bonchev–Trinajstić information content (AvgIpc) is 2.46. The van der Waals surface area contributed by atoms with Crippen molar-refractivity contribution in [3.63, 3.8) is 0 Å². The number of nitrogens with zero attached hydrogens (tertiary/aromatic N) is 1. The molecule has 0 saturated heterocycles. The van der Waals surface area contributed by atoms with Crippen LogP contribution in [0, 0.1) is 18.3 Å². The fourth-order valence-electron chi connectivity index (χ4n) is 1.81. The minimum atomic E-state index is -0.207. The molecule has 0 radical (unpaired) electrons. The third-order valence-electron chi connectivity index (χ3n) is 2.84. The normalized spacial score (nSPS) is 9.76. The zero-order chi connectivity index (χ0) is 15.2. The summed E-state index contributed by atoms with van der Waals surface area (Å²) in [5.74, 6) is -0.207. The first kappa shape index (κ1) is 14.9. The molecule has 5 heteroatoms. The van der Waals surface area contributed by atoms with E-state index >= 15 is 0 Å². The number of benzene rings is 2. The second-order valence-electron chi connectivity index (χ2n) is 4.58. The van der Waals surface area contributed by atoms with Crippen LogP contribution in [0.25, 0.3) is 0 Å². The van der Waals surface area contributed by atoms with Crippen LogP contribution in [0.4, 0.5) is 11.4 Å². The van der Waals surface area contributed by atoms with Gasteiger partial charge in [0.05, 0.1) is 28.9 Å². The predicted molar refractivity (Wildman–Crippen MR) is 84.5 cm³/mol. The maximum absolute atomic E-state index is 11.9. The van der Waals surface area contributed by atoms with Crippen LogP contribution in [0.2, 0.25) is 5.02 Å². The Morgan fingerprint density at radius 3 is 2.81 bits per heavy atom. The zero-order valence-electron chi connectivity index (χ0n) is 11.5. The monoisotopic (exact) mass is 299 g/mol. The minimum absolute atomic E-state index is 0.0968. The smallest absolute Gasteiger partial charge is 0.243 e. The van der Waals surface area contributed by atoms with Gasteiger partial charge in [0.25, 0.3) is 0 Å². The van der Waals surface area contributed by atoms with Crippen LogP contribution in [-0.2, 0) is 4.79 Å². The standard InChI is InChI=1S/C16H14ClN3O/c1-11-5-6-15(14(17)7-11)19-10-16(21)20-13-4-2-3-12(8-13)9-18/h2-8,19H,10H2,1H3,(H,20,21). The van der Waals surface area contributed by atoms with Crippen LogP contribution < -0.4 is 10.6 Å². The number of carbonyl (C=O) groups excluding carboxylic acids is 1. The Labute approximate surface area is 128 Å². The van der Waals surface area contributed by atoms with E-state index in [4.69, 9.17) is 16.9 Å². The summed E-state index contributed by atoms with van der Waals surface area (Å²) in [7, 11) is 0. The molecule has 106 valence electrons. The lowest BCUT2D eigenvalue weighted by molar-refractivity contribution is -0.114. The highest BCUT2D eigenvalue weighted by molar-refractivity contribution is 6.33. The summed E-state index contributed by atoms with van der Waals surface area (Å²) >= 11 is 6.08. The first-order valence-corrected chi connectivity index (χ1v) is 6.76. The lowest BCUT2D eigenvalue weighted by atomic mass is 10.2. The van der Waals surface area contributed by atoms with Crippen molar-refractivity contribution in [2.24, 2.45) is 0 Å². The third kappa shape index (κ3) is 4.23. The SMILES string of the molecule is Cc1ccc(NCC(=O)Nc2cccc(C#N)c2)c(Cl)c1. The van der Waals surface area contributed by atoms with Crippen LogP contribution in [0.1, 0.15) is 11.1 Å². The lowest BCUT2D eigenvalue weighted by Gasteiger charge is -2.09. The molecule has 0 aliphatic rings. The molecule has 0 bridgehead atoms. The van der Waals surface area contributed by atoms with Crippen LogP contribution in [0.15, 0.2) is 42.5 Å². The van der Waals surface area contributed by atoms with Gasteiger partial charge in [-0.2, -0.15) is 5.26 Å². The first-order chi connectivity index (χ1) is 10.1. The Morgan fingerprint density at radius 2 is 2.10 bits per heavy atom. The molecule has 0 fully saturated rings. The van der Waals surface area contributed by atoms with Gasteiger partial charge < -0.3 is 10.6 Å². The van der Waals surface area contributed by atoms with Crippen molar-refractivity contribution in [1.29, 1.82) is 5.26 Å². The van der Waals surface area contributed by atoms with E-state index in [0.717, 1.165) is 5.56 Å². The number of aryl methyl sites for hydroxylation is 1. The Bertz CT molecular complexity index is 707. The summed E-state index contributed by atoms with van der Waals surface area (Å²) in [4.78, 5) is 11.9.